The van der Waals surface area contributed by atoms with Gasteiger partial charge in [-0.05, 0) is 54.2 Å². The van der Waals surface area contributed by atoms with Crippen LogP contribution in [0.2, 0.25) is 0 Å². The molecular formula is C31H44O5. The van der Waals surface area contributed by atoms with Crippen molar-refractivity contribution in [1.29, 1.82) is 0 Å². The largest absolute Gasteiger partial charge is 0.497 e. The normalized spacial score (nSPS) is 21.5. The summed E-state index contributed by atoms with van der Waals surface area (Å²) in [6, 6.07) is 16.0. The predicted octanol–water partition coefficient (Wildman–Crippen LogP) is 6.72. The Morgan fingerprint density at radius 1 is 0.917 bits per heavy atom. The molecule has 1 aliphatic rings. The molecule has 3 rings (SSSR count). The van der Waals surface area contributed by atoms with Gasteiger partial charge < -0.3 is 24.1 Å². The van der Waals surface area contributed by atoms with Crippen molar-refractivity contribution < 1.29 is 24.1 Å². The standard InChI is InChI=1S/C31H44O5/c1-5-6-7-23(2)18-30(35-21-24-8-13-28(33-3)14-9-24)17-12-26-19-27(32)20-31(26)36-22-25-10-15-29(34-4)16-11-25/h8-17,23,26-27,30-32H,5-7,18-22H2,1-4H3/b17-12+/t23-,26?,27?,30+,31?/m0/s1. The molecule has 5 heteroatoms. The summed E-state index contributed by atoms with van der Waals surface area (Å²) in [5.74, 6) is 2.46. The zero-order chi connectivity index (χ0) is 25.8. The first-order chi connectivity index (χ1) is 17.5. The van der Waals surface area contributed by atoms with Gasteiger partial charge in [-0.3, -0.25) is 0 Å². The minimum absolute atomic E-state index is 0.00175. The maximum atomic E-state index is 10.4. The molecule has 36 heavy (non-hydrogen) atoms. The van der Waals surface area contributed by atoms with E-state index in [0.717, 1.165) is 35.5 Å². The van der Waals surface area contributed by atoms with Crippen LogP contribution in [-0.2, 0) is 22.7 Å². The van der Waals surface area contributed by atoms with Gasteiger partial charge in [-0.25, -0.2) is 0 Å². The number of aliphatic hydroxyl groups is 1. The molecule has 1 aliphatic carbocycles. The van der Waals surface area contributed by atoms with E-state index in [2.05, 4.69) is 38.1 Å². The Bertz CT molecular complexity index is 892. The number of benzene rings is 2. The molecule has 0 amide bonds. The average Bonchev–Trinajstić information content (AvgIpc) is 3.27. The molecule has 5 nitrogen and oxygen atoms in total. The minimum atomic E-state index is -0.331. The molecular weight excluding hydrogens is 452 g/mol. The molecule has 0 heterocycles. The Balaban J connectivity index is 1.61. The number of hydrogen-bond donors (Lipinski definition) is 1. The lowest BCUT2D eigenvalue weighted by atomic mass is 9.96. The monoisotopic (exact) mass is 496 g/mol. The topological polar surface area (TPSA) is 57.2 Å². The summed E-state index contributed by atoms with van der Waals surface area (Å²) in [4.78, 5) is 0. The molecule has 0 saturated heterocycles. The first-order valence-electron chi connectivity index (χ1n) is 13.4. The van der Waals surface area contributed by atoms with Crippen LogP contribution < -0.4 is 9.47 Å². The van der Waals surface area contributed by atoms with E-state index >= 15 is 0 Å². The lowest BCUT2D eigenvalue weighted by Crippen LogP contribution is -2.19. The van der Waals surface area contributed by atoms with Gasteiger partial charge >= 0.3 is 0 Å². The van der Waals surface area contributed by atoms with Crippen molar-refractivity contribution in [2.75, 3.05) is 14.2 Å². The summed E-state index contributed by atoms with van der Waals surface area (Å²) in [5.41, 5.74) is 2.23. The van der Waals surface area contributed by atoms with Gasteiger partial charge in [0.2, 0.25) is 0 Å². The minimum Gasteiger partial charge on any atom is -0.497 e. The molecule has 2 aromatic rings. The molecule has 0 aromatic heterocycles. The maximum Gasteiger partial charge on any atom is 0.118 e. The third kappa shape index (κ3) is 9.27. The summed E-state index contributed by atoms with van der Waals surface area (Å²) in [5, 5.41) is 10.4. The van der Waals surface area contributed by atoms with Crippen LogP contribution in [0.4, 0.5) is 0 Å². The molecule has 1 saturated carbocycles. The summed E-state index contributed by atoms with van der Waals surface area (Å²) in [6.07, 6.45) is 10.2. The van der Waals surface area contributed by atoms with Crippen LogP contribution in [0.25, 0.3) is 0 Å². The van der Waals surface area contributed by atoms with Crippen LogP contribution in [0.3, 0.4) is 0 Å². The Morgan fingerprint density at radius 2 is 1.53 bits per heavy atom. The van der Waals surface area contributed by atoms with Crippen molar-refractivity contribution in [1.82, 2.24) is 0 Å². The quantitative estimate of drug-likeness (QED) is 0.278. The summed E-state index contributed by atoms with van der Waals surface area (Å²) in [7, 11) is 3.35. The van der Waals surface area contributed by atoms with Gasteiger partial charge in [-0.1, -0.05) is 69.5 Å². The number of hydrogen-bond acceptors (Lipinski definition) is 5. The van der Waals surface area contributed by atoms with E-state index in [1.807, 2.05) is 36.4 Å². The van der Waals surface area contributed by atoms with E-state index in [4.69, 9.17) is 18.9 Å². The van der Waals surface area contributed by atoms with Crippen molar-refractivity contribution in [3.63, 3.8) is 0 Å². The van der Waals surface area contributed by atoms with E-state index < -0.39 is 0 Å². The lowest BCUT2D eigenvalue weighted by Gasteiger charge is -2.21. The Morgan fingerprint density at radius 3 is 2.11 bits per heavy atom. The van der Waals surface area contributed by atoms with Crippen LogP contribution in [0.5, 0.6) is 11.5 Å². The smallest absolute Gasteiger partial charge is 0.118 e. The van der Waals surface area contributed by atoms with Gasteiger partial charge in [0.1, 0.15) is 11.5 Å². The molecule has 198 valence electrons. The van der Waals surface area contributed by atoms with Crippen LogP contribution in [-0.4, -0.2) is 37.6 Å². The zero-order valence-corrected chi connectivity index (χ0v) is 22.4. The van der Waals surface area contributed by atoms with Crippen LogP contribution in [0.1, 0.15) is 63.5 Å². The fourth-order valence-corrected chi connectivity index (χ4v) is 4.79. The first-order valence-corrected chi connectivity index (χ1v) is 13.4. The average molecular weight is 497 g/mol. The molecule has 0 bridgehead atoms. The fraction of sp³-hybridized carbons (Fsp3) is 0.548. The Kier molecular flexibility index (Phi) is 11.8. The number of ether oxygens (including phenoxy) is 4. The Hall–Kier alpha value is -2.34. The second kappa shape index (κ2) is 15.0. The fourth-order valence-electron chi connectivity index (χ4n) is 4.79. The Labute approximate surface area is 217 Å². The lowest BCUT2D eigenvalue weighted by molar-refractivity contribution is 0.0204. The predicted molar refractivity (Wildman–Crippen MR) is 144 cm³/mol. The molecule has 2 aromatic carbocycles. The van der Waals surface area contributed by atoms with Crippen LogP contribution in [0.15, 0.2) is 60.7 Å². The van der Waals surface area contributed by atoms with Gasteiger partial charge in [-0.15, -0.1) is 0 Å². The van der Waals surface area contributed by atoms with Gasteiger partial charge in [0.25, 0.3) is 0 Å². The van der Waals surface area contributed by atoms with E-state index in [1.165, 1.54) is 19.3 Å². The van der Waals surface area contributed by atoms with E-state index in [9.17, 15) is 5.11 Å². The van der Waals surface area contributed by atoms with E-state index in [1.54, 1.807) is 14.2 Å². The second-order valence-electron chi connectivity index (χ2n) is 10.1. The second-order valence-corrected chi connectivity index (χ2v) is 10.1. The van der Waals surface area contributed by atoms with Crippen LogP contribution >= 0.6 is 0 Å². The summed E-state index contributed by atoms with van der Waals surface area (Å²) >= 11 is 0. The molecule has 0 spiro atoms. The van der Waals surface area contributed by atoms with E-state index in [-0.39, 0.29) is 24.2 Å². The molecule has 1 N–H and O–H groups in total. The number of rotatable bonds is 15. The van der Waals surface area contributed by atoms with E-state index in [0.29, 0.717) is 25.6 Å². The van der Waals surface area contributed by atoms with Crippen molar-refractivity contribution in [3.05, 3.63) is 71.8 Å². The number of unbranched alkanes of at least 4 members (excludes halogenated alkanes) is 1. The number of aliphatic hydroxyl groups excluding tert-OH is 1. The molecule has 3 unspecified atom stereocenters. The molecule has 0 radical (unpaired) electrons. The maximum absolute atomic E-state index is 10.4. The third-order valence-electron chi connectivity index (χ3n) is 7.03. The first kappa shape index (κ1) is 28.2. The van der Waals surface area contributed by atoms with Crippen LogP contribution in [0, 0.1) is 11.8 Å². The van der Waals surface area contributed by atoms with Gasteiger partial charge in [0, 0.05) is 12.3 Å². The van der Waals surface area contributed by atoms with Crippen molar-refractivity contribution in [2.45, 2.75) is 83.9 Å². The highest BCUT2D eigenvalue weighted by Gasteiger charge is 2.32. The van der Waals surface area contributed by atoms with Gasteiger partial charge in [-0.2, -0.15) is 0 Å². The van der Waals surface area contributed by atoms with Crippen molar-refractivity contribution >= 4 is 0 Å². The highest BCUT2D eigenvalue weighted by Crippen LogP contribution is 2.31. The van der Waals surface area contributed by atoms with Crippen molar-refractivity contribution in [2.24, 2.45) is 11.8 Å². The molecule has 1 fully saturated rings. The van der Waals surface area contributed by atoms with Crippen molar-refractivity contribution in [3.8, 4) is 11.5 Å². The number of methoxy groups -OCH3 is 2. The van der Waals surface area contributed by atoms with Gasteiger partial charge in [0.05, 0.1) is 45.7 Å². The molecule has 0 aliphatic heterocycles. The third-order valence-corrected chi connectivity index (χ3v) is 7.03. The van der Waals surface area contributed by atoms with Gasteiger partial charge in [0.15, 0.2) is 0 Å². The zero-order valence-electron chi connectivity index (χ0n) is 22.4. The highest BCUT2D eigenvalue weighted by atomic mass is 16.5. The highest BCUT2D eigenvalue weighted by molar-refractivity contribution is 5.27. The summed E-state index contributed by atoms with van der Waals surface area (Å²) in [6.45, 7) is 5.64. The summed E-state index contributed by atoms with van der Waals surface area (Å²) < 4.78 is 23.1. The SMILES string of the molecule is CCCC[C@H](C)C[C@@H](/C=C/C1CC(O)CC1OCc1ccc(OC)cc1)OCc1ccc(OC)cc1. The molecule has 5 atom stereocenters.